The van der Waals surface area contributed by atoms with E-state index in [-0.39, 0.29) is 12.4 Å². The van der Waals surface area contributed by atoms with Gasteiger partial charge in [-0.05, 0) is 43.5 Å². The van der Waals surface area contributed by atoms with Crippen molar-refractivity contribution in [3.63, 3.8) is 0 Å². The van der Waals surface area contributed by atoms with Gasteiger partial charge in [-0.2, -0.15) is 0 Å². The number of hydrogen-bond donors (Lipinski definition) is 2. The molecule has 1 aliphatic carbocycles. The Labute approximate surface area is 169 Å². The molecule has 0 spiro atoms. The number of hydrogen-bond acceptors (Lipinski definition) is 6. The van der Waals surface area contributed by atoms with E-state index in [1.165, 1.54) is 24.8 Å². The van der Waals surface area contributed by atoms with Gasteiger partial charge in [-0.25, -0.2) is 4.98 Å². The van der Waals surface area contributed by atoms with Crippen molar-refractivity contribution in [1.29, 1.82) is 0 Å². The Kier molecular flexibility index (Phi) is 7.73. The highest BCUT2D eigenvalue weighted by molar-refractivity contribution is 5.85. The van der Waals surface area contributed by atoms with Crippen molar-refractivity contribution >= 4 is 18.2 Å². The van der Waals surface area contributed by atoms with Crippen molar-refractivity contribution in [2.24, 2.45) is 5.92 Å². The monoisotopic (exact) mass is 395 g/mol. The Morgan fingerprint density at radius 2 is 2.11 bits per heavy atom. The molecule has 0 radical (unpaired) electrons. The fourth-order valence-corrected chi connectivity index (χ4v) is 4.61. The highest BCUT2D eigenvalue weighted by atomic mass is 35.5. The van der Waals surface area contributed by atoms with Gasteiger partial charge in [0.05, 0.1) is 13.2 Å². The summed E-state index contributed by atoms with van der Waals surface area (Å²) in [6, 6.07) is 5.53. The third-order valence-corrected chi connectivity index (χ3v) is 6.24. The molecule has 7 heteroatoms. The predicted molar refractivity (Wildman–Crippen MR) is 112 cm³/mol. The topological polar surface area (TPSA) is 52.7 Å². The molecule has 1 aromatic rings. The number of halogens is 1. The lowest BCUT2D eigenvalue weighted by atomic mass is 9.94. The highest BCUT2D eigenvalue weighted by Gasteiger charge is 2.34. The lowest BCUT2D eigenvalue weighted by Crippen LogP contribution is -2.50. The van der Waals surface area contributed by atoms with E-state index in [1.54, 1.807) is 0 Å². The summed E-state index contributed by atoms with van der Waals surface area (Å²) in [5, 5.41) is 7.49. The van der Waals surface area contributed by atoms with Gasteiger partial charge in [0.15, 0.2) is 0 Å². The van der Waals surface area contributed by atoms with Crippen LogP contribution in [0.4, 0.5) is 5.82 Å². The maximum Gasteiger partial charge on any atom is 0.128 e. The van der Waals surface area contributed by atoms with Gasteiger partial charge in [-0.3, -0.25) is 0 Å². The molecule has 0 amide bonds. The number of nitrogens with one attached hydrogen (secondary N) is 2. The van der Waals surface area contributed by atoms with E-state index in [2.05, 4.69) is 44.6 Å². The summed E-state index contributed by atoms with van der Waals surface area (Å²) < 4.78 is 5.69. The van der Waals surface area contributed by atoms with E-state index in [0.29, 0.717) is 18.0 Å². The fourth-order valence-electron chi connectivity index (χ4n) is 4.61. The van der Waals surface area contributed by atoms with Crippen molar-refractivity contribution in [2.45, 2.75) is 37.9 Å². The zero-order chi connectivity index (χ0) is 17.8. The molecule has 3 fully saturated rings. The van der Waals surface area contributed by atoms with Crippen molar-refractivity contribution in [3.05, 3.63) is 23.9 Å². The molecule has 2 saturated heterocycles. The smallest absolute Gasteiger partial charge is 0.128 e. The van der Waals surface area contributed by atoms with Crippen molar-refractivity contribution < 1.29 is 4.74 Å². The molecule has 3 aliphatic rings. The minimum Gasteiger partial charge on any atom is -0.379 e. The van der Waals surface area contributed by atoms with E-state index in [9.17, 15) is 0 Å². The fraction of sp³-hybridized carbons (Fsp3) is 0.750. The van der Waals surface area contributed by atoms with Gasteiger partial charge in [0, 0.05) is 57.5 Å². The number of rotatable bonds is 5. The van der Waals surface area contributed by atoms with Crippen LogP contribution in [0.1, 0.15) is 24.8 Å². The molecular weight excluding hydrogens is 362 g/mol. The number of piperazine rings is 1. The van der Waals surface area contributed by atoms with Crippen LogP contribution in [0.3, 0.4) is 0 Å². The average molecular weight is 396 g/mol. The van der Waals surface area contributed by atoms with Gasteiger partial charge in [0.1, 0.15) is 5.82 Å². The van der Waals surface area contributed by atoms with Gasteiger partial charge in [0.2, 0.25) is 0 Å². The largest absolute Gasteiger partial charge is 0.379 e. The molecule has 3 heterocycles. The quantitative estimate of drug-likeness (QED) is 0.788. The summed E-state index contributed by atoms with van der Waals surface area (Å²) in [6.45, 7) is 8.01. The predicted octanol–water partition coefficient (Wildman–Crippen LogP) is 1.50. The number of likely N-dealkylation sites (N-methyl/N-ethyl adjacent to an activating group) is 1. The number of ether oxygens (including phenoxy) is 1. The summed E-state index contributed by atoms with van der Waals surface area (Å²) in [4.78, 5) is 9.40. The summed E-state index contributed by atoms with van der Waals surface area (Å²) in [5.74, 6) is 1.82. The summed E-state index contributed by atoms with van der Waals surface area (Å²) in [6.07, 6.45) is 5.87. The third-order valence-electron chi connectivity index (χ3n) is 6.24. The minimum atomic E-state index is 0. The highest BCUT2D eigenvalue weighted by Crippen LogP contribution is 2.29. The summed E-state index contributed by atoms with van der Waals surface area (Å²) in [5.41, 5.74) is 1.34. The van der Waals surface area contributed by atoms with Crippen LogP contribution in [0.25, 0.3) is 0 Å². The number of anilines is 1. The second kappa shape index (κ2) is 10.0. The molecule has 152 valence electrons. The first kappa shape index (κ1) is 20.8. The SMILES string of the molecule is CN1CCN(c2cc(CNC3CCCC3C3COCCN3)ccn2)CC1.Cl. The van der Waals surface area contributed by atoms with Crippen molar-refractivity contribution in [1.82, 2.24) is 20.5 Å². The molecule has 3 unspecified atom stereocenters. The van der Waals surface area contributed by atoms with Crippen LogP contribution in [0.5, 0.6) is 0 Å². The third kappa shape index (κ3) is 5.33. The van der Waals surface area contributed by atoms with Crippen LogP contribution >= 0.6 is 12.4 Å². The van der Waals surface area contributed by atoms with Gasteiger partial charge in [-0.15, -0.1) is 12.4 Å². The van der Waals surface area contributed by atoms with Gasteiger partial charge in [0.25, 0.3) is 0 Å². The zero-order valence-electron chi connectivity index (χ0n) is 16.4. The van der Waals surface area contributed by atoms with Crippen LogP contribution in [0.15, 0.2) is 18.3 Å². The van der Waals surface area contributed by atoms with E-state index in [0.717, 1.165) is 58.3 Å². The molecule has 0 bridgehead atoms. The lowest BCUT2D eigenvalue weighted by Gasteiger charge is -2.34. The Morgan fingerprint density at radius 3 is 2.89 bits per heavy atom. The Morgan fingerprint density at radius 1 is 1.26 bits per heavy atom. The Balaban J connectivity index is 0.00000210. The number of nitrogens with zero attached hydrogens (tertiary/aromatic N) is 3. The number of aromatic nitrogens is 1. The molecule has 1 saturated carbocycles. The van der Waals surface area contributed by atoms with Crippen LogP contribution in [-0.2, 0) is 11.3 Å². The van der Waals surface area contributed by atoms with E-state index in [1.807, 2.05) is 6.20 Å². The minimum absolute atomic E-state index is 0. The zero-order valence-corrected chi connectivity index (χ0v) is 17.2. The molecule has 2 aliphatic heterocycles. The van der Waals surface area contributed by atoms with Crippen molar-refractivity contribution in [2.75, 3.05) is 57.9 Å². The van der Waals surface area contributed by atoms with Gasteiger partial charge < -0.3 is 25.2 Å². The first-order valence-corrected chi connectivity index (χ1v) is 10.2. The average Bonchev–Trinajstić information content (AvgIpc) is 3.16. The lowest BCUT2D eigenvalue weighted by molar-refractivity contribution is 0.0524. The van der Waals surface area contributed by atoms with Crippen LogP contribution in [0, 0.1) is 5.92 Å². The Hall–Kier alpha value is -0.920. The number of morpholine rings is 1. The van der Waals surface area contributed by atoms with Gasteiger partial charge >= 0.3 is 0 Å². The van der Waals surface area contributed by atoms with Crippen molar-refractivity contribution in [3.8, 4) is 0 Å². The van der Waals surface area contributed by atoms with Crippen LogP contribution in [-0.4, -0.2) is 75.0 Å². The molecule has 27 heavy (non-hydrogen) atoms. The maximum absolute atomic E-state index is 5.69. The number of pyridine rings is 1. The first-order chi connectivity index (χ1) is 12.8. The van der Waals surface area contributed by atoms with Crippen LogP contribution < -0.4 is 15.5 Å². The normalized spacial score (nSPS) is 29.5. The molecular formula is C20H34ClN5O. The Bertz CT molecular complexity index is 575. The van der Waals surface area contributed by atoms with E-state index in [4.69, 9.17) is 4.74 Å². The van der Waals surface area contributed by atoms with E-state index >= 15 is 0 Å². The summed E-state index contributed by atoms with van der Waals surface area (Å²) in [7, 11) is 2.19. The molecule has 6 nitrogen and oxygen atoms in total. The maximum atomic E-state index is 5.69. The second-order valence-electron chi connectivity index (χ2n) is 8.03. The first-order valence-electron chi connectivity index (χ1n) is 10.2. The molecule has 0 aromatic carbocycles. The van der Waals surface area contributed by atoms with E-state index < -0.39 is 0 Å². The second-order valence-corrected chi connectivity index (χ2v) is 8.03. The standard InChI is InChI=1S/C20H33N5O.ClH/c1-24-8-10-25(11-9-24)20-13-16(5-6-22-20)14-23-18-4-2-3-17(18)19-15-26-12-7-21-19;/h5-6,13,17-19,21,23H,2-4,7-12,14-15H2,1H3;1H. The summed E-state index contributed by atoms with van der Waals surface area (Å²) >= 11 is 0. The van der Waals surface area contributed by atoms with Gasteiger partial charge in [-0.1, -0.05) is 6.42 Å². The molecule has 1 aromatic heterocycles. The molecule has 3 atom stereocenters. The van der Waals surface area contributed by atoms with Crippen LogP contribution in [0.2, 0.25) is 0 Å². The molecule has 4 rings (SSSR count). The molecule has 2 N–H and O–H groups in total.